The average Bonchev–Trinajstić information content (AvgIpc) is 2.76. The minimum atomic E-state index is -0.213. The molecule has 6 heteroatoms. The van der Waals surface area contributed by atoms with Gasteiger partial charge in [-0.3, -0.25) is 4.79 Å². The van der Waals surface area contributed by atoms with Crippen LogP contribution < -0.4 is 11.1 Å². The number of nitrogens with one attached hydrogen (secondary N) is 1. The lowest BCUT2D eigenvalue weighted by atomic mass is 10.1. The standard InChI is InChI=1S/C12H12BrN3OS/c1-7(8-3-2-4-9(13)5-8)15-11(17)10-6-18-12(14)16-10/h2-7H,1H3,(H2,14,16)(H,15,17). The molecular weight excluding hydrogens is 314 g/mol. The summed E-state index contributed by atoms with van der Waals surface area (Å²) >= 11 is 4.66. The molecule has 0 saturated carbocycles. The number of carbonyl (C=O) groups is 1. The molecule has 3 N–H and O–H groups in total. The summed E-state index contributed by atoms with van der Waals surface area (Å²) in [6, 6.07) is 7.73. The van der Waals surface area contributed by atoms with E-state index in [0.29, 0.717) is 10.8 Å². The molecule has 1 unspecified atom stereocenters. The molecule has 1 heterocycles. The van der Waals surface area contributed by atoms with E-state index >= 15 is 0 Å². The van der Waals surface area contributed by atoms with Crippen LogP contribution in [0.4, 0.5) is 5.13 Å². The van der Waals surface area contributed by atoms with Crippen molar-refractivity contribution in [1.82, 2.24) is 10.3 Å². The summed E-state index contributed by atoms with van der Waals surface area (Å²) in [5, 5.41) is 4.93. The van der Waals surface area contributed by atoms with Gasteiger partial charge in [-0.1, -0.05) is 28.1 Å². The Bertz CT molecular complexity index is 570. The molecule has 1 aromatic heterocycles. The zero-order valence-corrected chi connectivity index (χ0v) is 12.1. The van der Waals surface area contributed by atoms with Gasteiger partial charge in [0.2, 0.25) is 0 Å². The van der Waals surface area contributed by atoms with E-state index < -0.39 is 0 Å². The second-order valence-electron chi connectivity index (χ2n) is 3.82. The summed E-state index contributed by atoms with van der Waals surface area (Å²) in [6.07, 6.45) is 0. The number of rotatable bonds is 3. The van der Waals surface area contributed by atoms with Gasteiger partial charge in [0.1, 0.15) is 5.69 Å². The highest BCUT2D eigenvalue weighted by Gasteiger charge is 2.13. The molecule has 1 atom stereocenters. The number of benzene rings is 1. The third kappa shape index (κ3) is 3.08. The van der Waals surface area contributed by atoms with Crippen LogP contribution in [0.25, 0.3) is 0 Å². The maximum Gasteiger partial charge on any atom is 0.271 e. The van der Waals surface area contributed by atoms with Crippen molar-refractivity contribution in [1.29, 1.82) is 0 Å². The Morgan fingerprint density at radius 1 is 1.56 bits per heavy atom. The highest BCUT2D eigenvalue weighted by Crippen LogP contribution is 2.18. The van der Waals surface area contributed by atoms with Gasteiger partial charge in [-0.15, -0.1) is 11.3 Å². The number of amides is 1. The third-order valence-corrected chi connectivity index (χ3v) is 3.62. The van der Waals surface area contributed by atoms with Crippen molar-refractivity contribution in [2.24, 2.45) is 0 Å². The van der Waals surface area contributed by atoms with Crippen LogP contribution in [0.3, 0.4) is 0 Å². The molecule has 1 aromatic carbocycles. The number of hydrogen-bond donors (Lipinski definition) is 2. The lowest BCUT2D eigenvalue weighted by Crippen LogP contribution is -2.26. The first-order valence-corrected chi connectivity index (χ1v) is 7.01. The summed E-state index contributed by atoms with van der Waals surface area (Å²) in [4.78, 5) is 15.8. The molecule has 0 aliphatic heterocycles. The largest absolute Gasteiger partial charge is 0.375 e. The van der Waals surface area contributed by atoms with E-state index in [2.05, 4.69) is 26.2 Å². The lowest BCUT2D eigenvalue weighted by molar-refractivity contribution is 0.0935. The molecule has 2 rings (SSSR count). The van der Waals surface area contributed by atoms with Crippen LogP contribution in [0, 0.1) is 0 Å². The van der Waals surface area contributed by atoms with Crippen LogP contribution in [-0.4, -0.2) is 10.9 Å². The minimum Gasteiger partial charge on any atom is -0.375 e. The van der Waals surface area contributed by atoms with Crippen LogP contribution in [0.5, 0.6) is 0 Å². The molecule has 94 valence electrons. The summed E-state index contributed by atoms with van der Waals surface area (Å²) < 4.78 is 0.985. The molecule has 0 aliphatic carbocycles. The summed E-state index contributed by atoms with van der Waals surface area (Å²) in [7, 11) is 0. The fourth-order valence-corrected chi connectivity index (χ4v) is 2.48. The molecular formula is C12H12BrN3OS. The molecule has 1 amide bonds. The number of halogens is 1. The predicted molar refractivity (Wildman–Crippen MR) is 76.5 cm³/mol. The molecule has 18 heavy (non-hydrogen) atoms. The van der Waals surface area contributed by atoms with Crippen molar-refractivity contribution in [2.45, 2.75) is 13.0 Å². The van der Waals surface area contributed by atoms with E-state index in [1.54, 1.807) is 5.38 Å². The zero-order chi connectivity index (χ0) is 13.1. The monoisotopic (exact) mass is 325 g/mol. The highest BCUT2D eigenvalue weighted by atomic mass is 79.9. The first kappa shape index (κ1) is 13.0. The lowest BCUT2D eigenvalue weighted by Gasteiger charge is -2.13. The van der Waals surface area contributed by atoms with Crippen molar-refractivity contribution >= 4 is 38.3 Å². The van der Waals surface area contributed by atoms with Crippen LogP contribution >= 0.6 is 27.3 Å². The van der Waals surface area contributed by atoms with E-state index in [4.69, 9.17) is 5.73 Å². The van der Waals surface area contributed by atoms with Gasteiger partial charge in [0.15, 0.2) is 5.13 Å². The Kier molecular flexibility index (Phi) is 3.98. The number of carbonyl (C=O) groups excluding carboxylic acids is 1. The molecule has 0 aliphatic rings. The van der Waals surface area contributed by atoms with E-state index in [0.717, 1.165) is 10.0 Å². The fraction of sp³-hybridized carbons (Fsp3) is 0.167. The van der Waals surface area contributed by atoms with Gasteiger partial charge >= 0.3 is 0 Å². The van der Waals surface area contributed by atoms with Crippen LogP contribution in [0.1, 0.15) is 29.0 Å². The molecule has 0 radical (unpaired) electrons. The van der Waals surface area contributed by atoms with Gasteiger partial charge < -0.3 is 11.1 Å². The minimum absolute atomic E-state index is 0.0853. The van der Waals surface area contributed by atoms with Crippen molar-refractivity contribution < 1.29 is 4.79 Å². The molecule has 0 bridgehead atoms. The number of thiazole rings is 1. The second-order valence-corrected chi connectivity index (χ2v) is 5.63. The van der Waals surface area contributed by atoms with Crippen LogP contribution in [0.15, 0.2) is 34.1 Å². The average molecular weight is 326 g/mol. The van der Waals surface area contributed by atoms with Gasteiger partial charge in [-0.05, 0) is 24.6 Å². The molecule has 0 spiro atoms. The van der Waals surface area contributed by atoms with Gasteiger partial charge in [0, 0.05) is 9.85 Å². The van der Waals surface area contributed by atoms with Crippen molar-refractivity contribution in [3.63, 3.8) is 0 Å². The van der Waals surface area contributed by atoms with E-state index in [-0.39, 0.29) is 11.9 Å². The maximum absolute atomic E-state index is 11.9. The number of nitrogen functional groups attached to an aromatic ring is 1. The quantitative estimate of drug-likeness (QED) is 0.911. The summed E-state index contributed by atoms with van der Waals surface area (Å²) in [6.45, 7) is 1.93. The molecule has 4 nitrogen and oxygen atoms in total. The zero-order valence-electron chi connectivity index (χ0n) is 9.68. The Morgan fingerprint density at radius 2 is 2.33 bits per heavy atom. The van der Waals surface area contributed by atoms with Gasteiger partial charge in [0.05, 0.1) is 6.04 Å². The van der Waals surface area contributed by atoms with E-state index in [9.17, 15) is 4.79 Å². The van der Waals surface area contributed by atoms with E-state index in [1.807, 2.05) is 31.2 Å². The maximum atomic E-state index is 11.9. The Hall–Kier alpha value is -1.40. The van der Waals surface area contributed by atoms with Crippen LogP contribution in [-0.2, 0) is 0 Å². The number of nitrogens with zero attached hydrogens (tertiary/aromatic N) is 1. The van der Waals surface area contributed by atoms with Crippen molar-refractivity contribution in [2.75, 3.05) is 5.73 Å². The van der Waals surface area contributed by atoms with Gasteiger partial charge in [0.25, 0.3) is 5.91 Å². The number of nitrogens with two attached hydrogens (primary N) is 1. The Morgan fingerprint density at radius 3 is 2.94 bits per heavy atom. The highest BCUT2D eigenvalue weighted by molar-refractivity contribution is 9.10. The van der Waals surface area contributed by atoms with E-state index in [1.165, 1.54) is 11.3 Å². The Labute approximate surface area is 117 Å². The first-order valence-electron chi connectivity index (χ1n) is 5.33. The fourth-order valence-electron chi connectivity index (χ4n) is 1.52. The third-order valence-electron chi connectivity index (χ3n) is 2.45. The number of anilines is 1. The topological polar surface area (TPSA) is 68.0 Å². The van der Waals surface area contributed by atoms with Crippen LogP contribution in [0.2, 0.25) is 0 Å². The first-order chi connectivity index (χ1) is 8.56. The van der Waals surface area contributed by atoms with Gasteiger partial charge in [-0.25, -0.2) is 4.98 Å². The molecule has 2 aromatic rings. The number of hydrogen-bond acceptors (Lipinski definition) is 4. The molecule has 0 fully saturated rings. The summed E-state index contributed by atoms with van der Waals surface area (Å²) in [5.74, 6) is -0.213. The predicted octanol–water partition coefficient (Wildman–Crippen LogP) is 2.98. The van der Waals surface area contributed by atoms with Crippen molar-refractivity contribution in [3.8, 4) is 0 Å². The molecule has 0 saturated heterocycles. The second kappa shape index (κ2) is 5.49. The summed E-state index contributed by atoms with van der Waals surface area (Å²) in [5.41, 5.74) is 6.89. The smallest absolute Gasteiger partial charge is 0.271 e. The Balaban J connectivity index is 2.07. The number of aromatic nitrogens is 1. The SMILES string of the molecule is CC(NC(=O)c1csc(N)n1)c1cccc(Br)c1. The van der Waals surface area contributed by atoms with Crippen molar-refractivity contribution in [3.05, 3.63) is 45.4 Å². The van der Waals surface area contributed by atoms with Gasteiger partial charge in [-0.2, -0.15) is 0 Å². The normalized spacial score (nSPS) is 12.1.